The van der Waals surface area contributed by atoms with Gasteiger partial charge in [0.25, 0.3) is 0 Å². The van der Waals surface area contributed by atoms with E-state index in [4.69, 9.17) is 9.47 Å². The zero-order valence-electron chi connectivity index (χ0n) is 21.9. The highest BCUT2D eigenvalue weighted by Crippen LogP contribution is 2.36. The molecule has 1 fully saturated rings. The molecule has 202 valence electrons. The summed E-state index contributed by atoms with van der Waals surface area (Å²) in [5.74, 6) is 0.0444. The van der Waals surface area contributed by atoms with Crippen molar-refractivity contribution >= 4 is 43.6 Å². The Bertz CT molecular complexity index is 1220. The van der Waals surface area contributed by atoms with Gasteiger partial charge >= 0.3 is 12.2 Å². The molecule has 1 saturated carbocycles. The summed E-state index contributed by atoms with van der Waals surface area (Å²) >= 11 is 3.42. The number of carbonyl (C=O) groups excluding carboxylic acids is 2. The molecule has 8 nitrogen and oxygen atoms in total. The zero-order chi connectivity index (χ0) is 27.4. The van der Waals surface area contributed by atoms with Crippen LogP contribution in [0.25, 0.3) is 0 Å². The molecule has 2 aromatic carbocycles. The van der Waals surface area contributed by atoms with Crippen molar-refractivity contribution in [2.24, 2.45) is 0 Å². The molecule has 1 N–H and O–H groups in total. The molecule has 0 bridgehead atoms. The van der Waals surface area contributed by atoms with Gasteiger partial charge in [-0.3, -0.25) is 5.32 Å². The number of hydrogen-bond donors (Lipinski definition) is 1. The van der Waals surface area contributed by atoms with Gasteiger partial charge in [-0.1, -0.05) is 35.0 Å². The van der Waals surface area contributed by atoms with Crippen LogP contribution in [0, 0.1) is 0 Å². The molecule has 0 heterocycles. The van der Waals surface area contributed by atoms with Crippen molar-refractivity contribution in [3.8, 4) is 0 Å². The van der Waals surface area contributed by atoms with Crippen molar-refractivity contribution in [2.75, 3.05) is 19.0 Å². The lowest BCUT2D eigenvalue weighted by molar-refractivity contribution is 0.0283. The number of carbonyl (C=O) groups is 2. The van der Waals surface area contributed by atoms with Gasteiger partial charge in [0.05, 0.1) is 16.7 Å². The molecule has 2 amide bonds. The molecule has 0 saturated heterocycles. The third-order valence-corrected chi connectivity index (χ3v) is 8.83. The van der Waals surface area contributed by atoms with Gasteiger partial charge in [-0.25, -0.2) is 18.0 Å². The van der Waals surface area contributed by atoms with Crippen molar-refractivity contribution in [1.82, 2.24) is 4.90 Å². The van der Waals surface area contributed by atoms with E-state index in [0.29, 0.717) is 24.1 Å². The maximum Gasteiger partial charge on any atom is 0.411 e. The lowest BCUT2D eigenvalue weighted by atomic mass is 9.98. The van der Waals surface area contributed by atoms with E-state index in [2.05, 4.69) is 21.2 Å². The average Bonchev–Trinajstić information content (AvgIpc) is 3.66. The molecule has 0 aliphatic heterocycles. The summed E-state index contributed by atoms with van der Waals surface area (Å²) in [6.07, 6.45) is 0.822. The first kappa shape index (κ1) is 29.0. The van der Waals surface area contributed by atoms with E-state index in [9.17, 15) is 18.0 Å². The number of sulfone groups is 1. The van der Waals surface area contributed by atoms with E-state index in [1.165, 1.54) is 11.0 Å². The summed E-state index contributed by atoms with van der Waals surface area (Å²) in [6.45, 7) is 7.52. The summed E-state index contributed by atoms with van der Waals surface area (Å²) in [7, 11) is -1.99. The monoisotopic (exact) mass is 594 g/mol. The summed E-state index contributed by atoms with van der Waals surface area (Å²) in [5, 5.41) is 2.28. The third-order valence-electron chi connectivity index (χ3n) is 5.94. The van der Waals surface area contributed by atoms with Gasteiger partial charge < -0.3 is 14.4 Å². The van der Waals surface area contributed by atoms with Gasteiger partial charge in [-0.2, -0.15) is 0 Å². The van der Waals surface area contributed by atoms with Gasteiger partial charge in [0.1, 0.15) is 12.2 Å². The van der Waals surface area contributed by atoms with Crippen LogP contribution in [0.4, 0.5) is 15.3 Å². The van der Waals surface area contributed by atoms with Gasteiger partial charge in [0.15, 0.2) is 9.84 Å². The van der Waals surface area contributed by atoms with Crippen molar-refractivity contribution < 1.29 is 27.5 Å². The van der Waals surface area contributed by atoms with Crippen LogP contribution in [0.15, 0.2) is 51.8 Å². The summed E-state index contributed by atoms with van der Waals surface area (Å²) in [4.78, 5) is 26.6. The Kier molecular flexibility index (Phi) is 9.28. The summed E-state index contributed by atoms with van der Waals surface area (Å²) in [6, 6.07) is 12.5. The molecule has 2 aromatic rings. The molecular weight excluding hydrogens is 560 g/mol. The number of anilines is 1. The molecule has 1 aliphatic rings. The number of nitrogens with one attached hydrogen (secondary N) is 1. The number of nitrogens with zero attached hydrogens (tertiary/aromatic N) is 1. The predicted octanol–water partition coefficient (Wildman–Crippen LogP) is 6.49. The maximum absolute atomic E-state index is 13.0. The number of benzene rings is 2. The molecule has 0 spiro atoms. The molecular formula is C27H35BrN2O6S. The minimum Gasteiger partial charge on any atom is -0.449 e. The molecule has 0 aromatic heterocycles. The number of halogens is 1. The van der Waals surface area contributed by atoms with E-state index in [1.807, 2.05) is 31.2 Å². The second-order valence-electron chi connectivity index (χ2n) is 10.3. The van der Waals surface area contributed by atoms with Gasteiger partial charge in [-0.05, 0) is 81.5 Å². The Morgan fingerprint density at radius 1 is 1.14 bits per heavy atom. The van der Waals surface area contributed by atoms with E-state index < -0.39 is 32.9 Å². The van der Waals surface area contributed by atoms with E-state index in [1.54, 1.807) is 40.0 Å². The highest BCUT2D eigenvalue weighted by molar-refractivity contribution is 9.10. The van der Waals surface area contributed by atoms with Crippen molar-refractivity contribution in [3.63, 3.8) is 0 Å². The fraction of sp³-hybridized carbons (Fsp3) is 0.481. The summed E-state index contributed by atoms with van der Waals surface area (Å²) < 4.78 is 38.0. The Morgan fingerprint density at radius 2 is 1.78 bits per heavy atom. The first-order chi connectivity index (χ1) is 17.3. The Labute approximate surface area is 227 Å². The van der Waals surface area contributed by atoms with E-state index in [-0.39, 0.29) is 24.0 Å². The molecule has 10 heteroatoms. The number of hydrogen-bond acceptors (Lipinski definition) is 6. The third kappa shape index (κ3) is 8.20. The first-order valence-electron chi connectivity index (χ1n) is 12.3. The minimum atomic E-state index is -3.53. The SMILES string of the molecule is CC[C@@H](COC(=O)Nc1ccc(S(=O)(=O)C2CC2)c(CN(C)C(=O)OC(C)(C)C)c1)c1ccc(Br)cc1. The lowest BCUT2D eigenvalue weighted by Gasteiger charge is -2.25. The molecule has 3 rings (SSSR count). The van der Waals surface area contributed by atoms with Crippen LogP contribution in [-0.4, -0.2) is 50.0 Å². The highest BCUT2D eigenvalue weighted by Gasteiger charge is 2.38. The number of amides is 2. The normalized spacial score (nSPS) is 14.5. The smallest absolute Gasteiger partial charge is 0.411 e. The van der Waals surface area contributed by atoms with Crippen LogP contribution in [0.3, 0.4) is 0 Å². The largest absolute Gasteiger partial charge is 0.449 e. The highest BCUT2D eigenvalue weighted by atomic mass is 79.9. The standard InChI is InChI=1S/C27H35BrN2O6S/c1-6-18(19-7-9-21(28)10-8-19)17-35-25(31)29-22-11-14-24(37(33,34)23-12-13-23)20(15-22)16-30(5)26(32)36-27(2,3)4/h7-11,14-15,18,23H,6,12-13,16-17H2,1-5H3,(H,29,31)/t18-/m0/s1. The average molecular weight is 596 g/mol. The molecule has 37 heavy (non-hydrogen) atoms. The number of ether oxygens (including phenoxy) is 2. The minimum absolute atomic E-state index is 0.00222. The Balaban J connectivity index is 1.74. The van der Waals surface area contributed by atoms with Crippen LogP contribution in [-0.2, 0) is 25.9 Å². The van der Waals surface area contributed by atoms with Crippen LogP contribution >= 0.6 is 15.9 Å². The van der Waals surface area contributed by atoms with Crippen LogP contribution < -0.4 is 5.32 Å². The second kappa shape index (κ2) is 11.9. The first-order valence-corrected chi connectivity index (χ1v) is 14.6. The fourth-order valence-corrected chi connectivity index (χ4v) is 5.92. The Morgan fingerprint density at radius 3 is 2.35 bits per heavy atom. The molecule has 1 atom stereocenters. The van der Waals surface area contributed by atoms with Crippen molar-refractivity contribution in [1.29, 1.82) is 0 Å². The lowest BCUT2D eigenvalue weighted by Crippen LogP contribution is -2.34. The van der Waals surface area contributed by atoms with Gasteiger partial charge in [0.2, 0.25) is 0 Å². The molecule has 0 radical (unpaired) electrons. The van der Waals surface area contributed by atoms with Gasteiger partial charge in [0, 0.05) is 23.1 Å². The molecule has 1 aliphatic carbocycles. The predicted molar refractivity (Wildman–Crippen MR) is 146 cm³/mol. The van der Waals surface area contributed by atoms with Crippen molar-refractivity contribution in [2.45, 2.75) is 75.2 Å². The maximum atomic E-state index is 13.0. The van der Waals surface area contributed by atoms with Crippen LogP contribution in [0.1, 0.15) is 64.0 Å². The Hall–Kier alpha value is -2.59. The van der Waals surface area contributed by atoms with Crippen LogP contribution in [0.5, 0.6) is 0 Å². The topological polar surface area (TPSA) is 102 Å². The summed E-state index contributed by atoms with van der Waals surface area (Å²) in [5.41, 5.74) is 1.16. The zero-order valence-corrected chi connectivity index (χ0v) is 24.3. The van der Waals surface area contributed by atoms with Gasteiger partial charge in [-0.15, -0.1) is 0 Å². The number of rotatable bonds is 9. The molecule has 0 unspecified atom stereocenters. The fourth-order valence-electron chi connectivity index (χ4n) is 3.79. The van der Waals surface area contributed by atoms with E-state index in [0.717, 1.165) is 16.5 Å². The van der Waals surface area contributed by atoms with E-state index >= 15 is 0 Å². The quantitative estimate of drug-likeness (QED) is 0.356. The van der Waals surface area contributed by atoms with Crippen molar-refractivity contribution in [3.05, 3.63) is 58.1 Å². The van der Waals surface area contributed by atoms with Crippen LogP contribution in [0.2, 0.25) is 0 Å². The second-order valence-corrected chi connectivity index (χ2v) is 13.4.